The number of benzene rings is 1. The van der Waals surface area contributed by atoms with Crippen LogP contribution in [0.15, 0.2) is 47.7 Å². The number of aromatic nitrogens is 5. The monoisotopic (exact) mass is 464 g/mol. The molecule has 8 nitrogen and oxygen atoms in total. The van der Waals surface area contributed by atoms with Crippen molar-refractivity contribution in [2.24, 2.45) is 12.5 Å². The van der Waals surface area contributed by atoms with Gasteiger partial charge >= 0.3 is 0 Å². The van der Waals surface area contributed by atoms with Crippen molar-refractivity contribution in [3.8, 4) is 5.88 Å². The summed E-state index contributed by atoms with van der Waals surface area (Å²) in [5.41, 5.74) is 2.38. The molecule has 0 unspecified atom stereocenters. The molecule has 1 aliphatic carbocycles. The van der Waals surface area contributed by atoms with Crippen LogP contribution in [0.5, 0.6) is 5.88 Å². The first-order chi connectivity index (χ1) is 16.0. The number of pyridine rings is 1. The normalized spacial score (nSPS) is 18.0. The molecular formula is C24H25ClN6O2. The summed E-state index contributed by atoms with van der Waals surface area (Å²) in [5.74, 6) is 0.496. The fourth-order valence-corrected chi connectivity index (χ4v) is 5.65. The molecule has 4 aromatic rings. The van der Waals surface area contributed by atoms with Crippen LogP contribution in [0.3, 0.4) is 0 Å². The molecule has 0 amide bonds. The molecule has 0 bridgehead atoms. The predicted molar refractivity (Wildman–Crippen MR) is 126 cm³/mol. The summed E-state index contributed by atoms with van der Waals surface area (Å²) in [7, 11) is 1.63. The zero-order chi connectivity index (χ0) is 22.6. The van der Waals surface area contributed by atoms with Crippen molar-refractivity contribution in [2.45, 2.75) is 31.8 Å². The molecule has 1 saturated carbocycles. The van der Waals surface area contributed by atoms with Crippen LogP contribution in [0.1, 0.15) is 24.8 Å². The van der Waals surface area contributed by atoms with Gasteiger partial charge in [-0.25, -0.2) is 4.68 Å². The van der Waals surface area contributed by atoms with Crippen molar-refractivity contribution in [1.82, 2.24) is 29.3 Å². The Morgan fingerprint density at radius 2 is 2.09 bits per heavy atom. The minimum Gasteiger partial charge on any atom is -0.473 e. The predicted octanol–water partition coefficient (Wildman–Crippen LogP) is 3.11. The van der Waals surface area contributed by atoms with E-state index < -0.39 is 0 Å². The maximum absolute atomic E-state index is 12.4. The number of likely N-dealkylation sites (tertiary alicyclic amines) is 1. The number of hydrogen-bond acceptors (Lipinski definition) is 6. The van der Waals surface area contributed by atoms with E-state index in [0.29, 0.717) is 27.1 Å². The standard InChI is InChI=1S/C24H25ClN6O2/c1-29-23(32)21-18(5-2-6-19(21)25)22(28-29)33-17-11-24(12-17)13-30(14-24)8-3-4-16-7-9-31-15-26-27-20(31)10-16/h2,5-7,9-10,15,17H,3-4,8,11-14H2,1H3. The number of halogens is 1. The average molecular weight is 465 g/mol. The third kappa shape index (κ3) is 3.67. The van der Waals surface area contributed by atoms with E-state index in [9.17, 15) is 4.79 Å². The highest BCUT2D eigenvalue weighted by atomic mass is 35.5. The quantitative estimate of drug-likeness (QED) is 0.436. The van der Waals surface area contributed by atoms with Crippen LogP contribution < -0.4 is 10.3 Å². The molecular weight excluding hydrogens is 440 g/mol. The Morgan fingerprint density at radius 1 is 1.24 bits per heavy atom. The third-order valence-electron chi connectivity index (χ3n) is 7.01. The van der Waals surface area contributed by atoms with E-state index in [2.05, 4.69) is 32.3 Å². The van der Waals surface area contributed by atoms with Gasteiger partial charge in [0.25, 0.3) is 5.56 Å². The van der Waals surface area contributed by atoms with Crippen LogP contribution >= 0.6 is 11.6 Å². The van der Waals surface area contributed by atoms with Gasteiger partial charge in [0.15, 0.2) is 5.65 Å². The van der Waals surface area contributed by atoms with Crippen molar-refractivity contribution >= 4 is 28.0 Å². The van der Waals surface area contributed by atoms with Gasteiger partial charge in [-0.05, 0) is 62.1 Å². The van der Waals surface area contributed by atoms with Gasteiger partial charge in [-0.1, -0.05) is 17.7 Å². The van der Waals surface area contributed by atoms with Crippen LogP contribution in [-0.4, -0.2) is 55.0 Å². The van der Waals surface area contributed by atoms with Crippen LogP contribution in [0.4, 0.5) is 0 Å². The summed E-state index contributed by atoms with van der Waals surface area (Å²) < 4.78 is 9.47. The van der Waals surface area contributed by atoms with E-state index in [0.717, 1.165) is 51.0 Å². The lowest BCUT2D eigenvalue weighted by atomic mass is 9.61. The number of ether oxygens (including phenoxy) is 1. The van der Waals surface area contributed by atoms with E-state index in [1.54, 1.807) is 19.4 Å². The molecule has 6 rings (SSSR count). The van der Waals surface area contributed by atoms with Crippen LogP contribution in [0.25, 0.3) is 16.4 Å². The Bertz CT molecular complexity index is 1400. The molecule has 2 aliphatic rings. The first kappa shape index (κ1) is 20.6. The van der Waals surface area contributed by atoms with Gasteiger partial charge in [-0.15, -0.1) is 15.3 Å². The van der Waals surface area contributed by atoms with Crippen LogP contribution in [-0.2, 0) is 13.5 Å². The Morgan fingerprint density at radius 3 is 2.94 bits per heavy atom. The van der Waals surface area contributed by atoms with Crippen molar-refractivity contribution in [2.75, 3.05) is 19.6 Å². The fraction of sp³-hybridized carbons (Fsp3) is 0.417. The highest BCUT2D eigenvalue weighted by Gasteiger charge is 2.53. The summed E-state index contributed by atoms with van der Waals surface area (Å²) in [6, 6.07) is 9.67. The van der Waals surface area contributed by atoms with Crippen molar-refractivity contribution in [3.05, 3.63) is 63.8 Å². The third-order valence-corrected chi connectivity index (χ3v) is 7.33. The van der Waals surface area contributed by atoms with Gasteiger partial charge in [0.05, 0.1) is 15.8 Å². The van der Waals surface area contributed by atoms with E-state index in [-0.39, 0.29) is 11.7 Å². The Hall–Kier alpha value is -2.97. The molecule has 1 saturated heterocycles. The summed E-state index contributed by atoms with van der Waals surface area (Å²) in [6.07, 6.45) is 8.12. The minimum absolute atomic E-state index is 0.134. The molecule has 1 spiro atoms. The Labute approximate surface area is 195 Å². The molecule has 0 N–H and O–H groups in total. The second-order valence-electron chi connectivity index (χ2n) is 9.49. The smallest absolute Gasteiger partial charge is 0.276 e. The van der Waals surface area contributed by atoms with Crippen molar-refractivity contribution in [3.63, 3.8) is 0 Å². The molecule has 0 radical (unpaired) electrons. The van der Waals surface area contributed by atoms with Crippen molar-refractivity contribution < 1.29 is 4.74 Å². The Balaban J connectivity index is 1.01. The summed E-state index contributed by atoms with van der Waals surface area (Å²) in [6.45, 7) is 3.36. The topological polar surface area (TPSA) is 77.6 Å². The molecule has 33 heavy (non-hydrogen) atoms. The lowest BCUT2D eigenvalue weighted by molar-refractivity contribution is -0.119. The zero-order valence-corrected chi connectivity index (χ0v) is 19.2. The number of fused-ring (bicyclic) bond motifs is 2. The minimum atomic E-state index is -0.205. The molecule has 0 atom stereocenters. The summed E-state index contributed by atoms with van der Waals surface area (Å²) in [4.78, 5) is 15.0. The van der Waals surface area contributed by atoms with Gasteiger partial charge in [0.1, 0.15) is 12.4 Å². The van der Waals surface area contributed by atoms with Gasteiger partial charge in [-0.2, -0.15) is 0 Å². The molecule has 4 heterocycles. The highest BCUT2D eigenvalue weighted by molar-refractivity contribution is 6.35. The molecule has 1 aromatic carbocycles. The van der Waals surface area contributed by atoms with E-state index in [1.165, 1.54) is 10.2 Å². The number of hydrogen-bond donors (Lipinski definition) is 0. The zero-order valence-electron chi connectivity index (χ0n) is 18.4. The molecule has 9 heteroatoms. The maximum Gasteiger partial charge on any atom is 0.276 e. The lowest BCUT2D eigenvalue weighted by Crippen LogP contribution is -2.64. The van der Waals surface area contributed by atoms with Crippen molar-refractivity contribution in [1.29, 1.82) is 0 Å². The van der Waals surface area contributed by atoms with Crippen LogP contribution in [0, 0.1) is 5.41 Å². The maximum atomic E-state index is 12.4. The van der Waals surface area contributed by atoms with Gasteiger partial charge in [0.2, 0.25) is 5.88 Å². The second kappa shape index (κ2) is 7.81. The number of aryl methyl sites for hydroxylation is 2. The van der Waals surface area contributed by atoms with Gasteiger partial charge < -0.3 is 9.64 Å². The van der Waals surface area contributed by atoms with Crippen LogP contribution in [0.2, 0.25) is 5.02 Å². The van der Waals surface area contributed by atoms with E-state index in [4.69, 9.17) is 16.3 Å². The van der Waals surface area contributed by atoms with Gasteiger partial charge in [-0.3, -0.25) is 9.20 Å². The van der Waals surface area contributed by atoms with E-state index in [1.807, 2.05) is 22.7 Å². The molecule has 170 valence electrons. The molecule has 1 aliphatic heterocycles. The lowest BCUT2D eigenvalue weighted by Gasteiger charge is -2.58. The first-order valence-corrected chi connectivity index (χ1v) is 11.7. The fourth-order valence-electron chi connectivity index (χ4n) is 5.39. The highest BCUT2D eigenvalue weighted by Crippen LogP contribution is 2.49. The molecule has 3 aromatic heterocycles. The molecule has 2 fully saturated rings. The second-order valence-corrected chi connectivity index (χ2v) is 9.90. The number of rotatable bonds is 6. The summed E-state index contributed by atoms with van der Waals surface area (Å²) in [5, 5.41) is 14.0. The average Bonchev–Trinajstić information content (AvgIpc) is 3.21. The largest absolute Gasteiger partial charge is 0.473 e. The van der Waals surface area contributed by atoms with E-state index >= 15 is 0 Å². The summed E-state index contributed by atoms with van der Waals surface area (Å²) >= 11 is 6.28. The SMILES string of the molecule is Cn1nc(OC2CC3(C2)CN(CCCc2ccn4cnnc4c2)C3)c2cccc(Cl)c2c1=O. The Kier molecular flexibility index (Phi) is 4.88. The number of nitrogens with zero attached hydrogens (tertiary/aromatic N) is 6. The van der Waals surface area contributed by atoms with Gasteiger partial charge in [0, 0.05) is 31.7 Å². The first-order valence-electron chi connectivity index (χ1n) is 11.3.